The van der Waals surface area contributed by atoms with Gasteiger partial charge in [0.05, 0.1) is 11.3 Å². The van der Waals surface area contributed by atoms with Crippen molar-refractivity contribution in [2.24, 2.45) is 0 Å². The molecule has 0 spiro atoms. The number of carbonyl (C=O) groups is 1. The second kappa shape index (κ2) is 7.24. The first-order chi connectivity index (χ1) is 12.8. The van der Waals surface area contributed by atoms with E-state index in [1.165, 1.54) is 13.0 Å². The number of amides is 1. The van der Waals surface area contributed by atoms with Crippen LogP contribution in [0.25, 0.3) is 0 Å². The molecule has 3 aromatic rings. The van der Waals surface area contributed by atoms with Gasteiger partial charge in [0.1, 0.15) is 5.69 Å². The first kappa shape index (κ1) is 18.7. The number of sulfonamides is 1. The van der Waals surface area contributed by atoms with Crippen LogP contribution in [0.3, 0.4) is 0 Å². The summed E-state index contributed by atoms with van der Waals surface area (Å²) >= 11 is 0. The number of nitrogens with one attached hydrogen (secondary N) is 2. The second-order valence-corrected chi connectivity index (χ2v) is 7.74. The average Bonchev–Trinajstić information content (AvgIpc) is 2.96. The van der Waals surface area contributed by atoms with Crippen LogP contribution in [0.1, 0.15) is 27.4 Å². The van der Waals surface area contributed by atoms with Gasteiger partial charge in [0.15, 0.2) is 10.7 Å². The summed E-state index contributed by atoms with van der Waals surface area (Å²) in [5.41, 5.74) is 2.31. The Morgan fingerprint density at radius 2 is 1.67 bits per heavy atom. The van der Waals surface area contributed by atoms with Gasteiger partial charge in [0, 0.05) is 5.69 Å². The van der Waals surface area contributed by atoms with Crippen LogP contribution in [-0.4, -0.2) is 19.5 Å². The van der Waals surface area contributed by atoms with E-state index < -0.39 is 15.9 Å². The number of aromatic nitrogens is 1. The number of hydrogen-bond donors (Lipinski definition) is 2. The minimum Gasteiger partial charge on any atom is -0.360 e. The van der Waals surface area contributed by atoms with Gasteiger partial charge in [-0.15, -0.1) is 0 Å². The molecule has 27 heavy (non-hydrogen) atoms. The first-order valence-corrected chi connectivity index (χ1v) is 9.69. The Balaban J connectivity index is 1.90. The van der Waals surface area contributed by atoms with Gasteiger partial charge in [-0.05, 0) is 45.0 Å². The minimum absolute atomic E-state index is 0.0313. The smallest absolute Gasteiger partial charge is 0.267 e. The Labute approximate surface area is 157 Å². The van der Waals surface area contributed by atoms with E-state index in [0.717, 1.165) is 5.56 Å². The minimum atomic E-state index is -3.95. The Kier molecular flexibility index (Phi) is 5.00. The number of hydrogen-bond acceptors (Lipinski definition) is 5. The standard InChI is InChI=1S/C19H19N3O4S/c1-12-8-10-15(11-9-12)20-19(23)16-6-4-5-7-17(16)22-27(24,25)18-13(2)21-26-14(18)3/h4-11,22H,1-3H3,(H,20,23). The lowest BCUT2D eigenvalue weighted by atomic mass is 10.1. The molecule has 0 unspecified atom stereocenters. The molecule has 0 fully saturated rings. The highest BCUT2D eigenvalue weighted by atomic mass is 32.2. The highest BCUT2D eigenvalue weighted by Crippen LogP contribution is 2.25. The van der Waals surface area contributed by atoms with E-state index >= 15 is 0 Å². The van der Waals surface area contributed by atoms with Gasteiger partial charge in [-0.25, -0.2) is 8.42 Å². The van der Waals surface area contributed by atoms with Crippen molar-refractivity contribution in [3.63, 3.8) is 0 Å². The normalized spacial score (nSPS) is 11.2. The summed E-state index contributed by atoms with van der Waals surface area (Å²) in [5, 5.41) is 6.44. The quantitative estimate of drug-likeness (QED) is 0.698. The lowest BCUT2D eigenvalue weighted by Gasteiger charge is -2.12. The molecule has 0 saturated carbocycles. The monoisotopic (exact) mass is 385 g/mol. The molecule has 0 aliphatic rings. The van der Waals surface area contributed by atoms with Crippen molar-refractivity contribution in [2.75, 3.05) is 10.0 Å². The molecule has 7 nitrogen and oxygen atoms in total. The van der Waals surface area contributed by atoms with Crippen molar-refractivity contribution in [1.82, 2.24) is 5.16 Å². The fraction of sp³-hybridized carbons (Fsp3) is 0.158. The van der Waals surface area contributed by atoms with Crippen LogP contribution in [0.15, 0.2) is 57.9 Å². The zero-order valence-corrected chi connectivity index (χ0v) is 15.9. The van der Waals surface area contributed by atoms with E-state index in [1.807, 2.05) is 19.1 Å². The number of carbonyl (C=O) groups excluding carboxylic acids is 1. The molecule has 0 radical (unpaired) electrons. The number of aryl methyl sites for hydroxylation is 3. The van der Waals surface area contributed by atoms with Crippen LogP contribution in [-0.2, 0) is 10.0 Å². The molecule has 1 aromatic heterocycles. The average molecular weight is 385 g/mol. The predicted molar refractivity (Wildman–Crippen MR) is 102 cm³/mol. The van der Waals surface area contributed by atoms with Gasteiger partial charge in [-0.3, -0.25) is 9.52 Å². The van der Waals surface area contributed by atoms with Gasteiger partial charge in [0.25, 0.3) is 15.9 Å². The fourth-order valence-corrected chi connectivity index (χ4v) is 4.07. The summed E-state index contributed by atoms with van der Waals surface area (Å²) in [6.45, 7) is 5.01. The van der Waals surface area contributed by atoms with Gasteiger partial charge in [-0.2, -0.15) is 0 Å². The lowest BCUT2D eigenvalue weighted by Crippen LogP contribution is -2.19. The molecule has 0 bridgehead atoms. The summed E-state index contributed by atoms with van der Waals surface area (Å²) in [5.74, 6) is -0.238. The zero-order valence-electron chi connectivity index (χ0n) is 15.1. The van der Waals surface area contributed by atoms with Gasteiger partial charge in [-0.1, -0.05) is 35.0 Å². The van der Waals surface area contributed by atoms with Crippen molar-refractivity contribution in [1.29, 1.82) is 0 Å². The molecule has 140 valence electrons. The van der Waals surface area contributed by atoms with Crippen LogP contribution in [0.2, 0.25) is 0 Å². The maximum Gasteiger partial charge on any atom is 0.267 e. The number of nitrogens with zero attached hydrogens (tertiary/aromatic N) is 1. The van der Waals surface area contributed by atoms with E-state index in [0.29, 0.717) is 5.69 Å². The second-order valence-electron chi connectivity index (χ2n) is 6.12. The first-order valence-electron chi connectivity index (χ1n) is 8.20. The highest BCUT2D eigenvalue weighted by Gasteiger charge is 2.25. The predicted octanol–water partition coefficient (Wildman–Crippen LogP) is 3.65. The molecular formula is C19H19N3O4S. The van der Waals surface area contributed by atoms with E-state index in [9.17, 15) is 13.2 Å². The Morgan fingerprint density at radius 3 is 2.30 bits per heavy atom. The van der Waals surface area contributed by atoms with Crippen molar-refractivity contribution < 1.29 is 17.7 Å². The molecular weight excluding hydrogens is 366 g/mol. The van der Waals surface area contributed by atoms with Gasteiger partial charge in [0.2, 0.25) is 0 Å². The maximum atomic E-state index is 12.7. The largest absolute Gasteiger partial charge is 0.360 e. The van der Waals surface area contributed by atoms with Gasteiger partial charge >= 0.3 is 0 Å². The molecule has 1 amide bonds. The highest BCUT2D eigenvalue weighted by molar-refractivity contribution is 7.92. The SMILES string of the molecule is Cc1ccc(NC(=O)c2ccccc2NS(=O)(=O)c2c(C)noc2C)cc1. The molecule has 0 aliphatic carbocycles. The molecule has 0 aliphatic heterocycles. The molecule has 8 heteroatoms. The van der Waals surface area contributed by atoms with Crippen LogP contribution >= 0.6 is 0 Å². The fourth-order valence-electron chi connectivity index (χ4n) is 2.66. The van der Waals surface area contributed by atoms with Gasteiger partial charge < -0.3 is 9.84 Å². The number of rotatable bonds is 5. The third kappa shape index (κ3) is 4.01. The summed E-state index contributed by atoms with van der Waals surface area (Å²) < 4.78 is 32.9. The van der Waals surface area contributed by atoms with E-state index in [1.54, 1.807) is 37.3 Å². The Bertz CT molecular complexity index is 1070. The van der Waals surface area contributed by atoms with Crippen molar-refractivity contribution in [3.05, 3.63) is 71.1 Å². The molecule has 2 aromatic carbocycles. The zero-order chi connectivity index (χ0) is 19.6. The molecule has 0 saturated heterocycles. The molecule has 3 rings (SSSR count). The van der Waals surface area contributed by atoms with Crippen molar-refractivity contribution in [3.8, 4) is 0 Å². The Hall–Kier alpha value is -3.13. The van der Waals surface area contributed by atoms with Crippen LogP contribution in [0.4, 0.5) is 11.4 Å². The van der Waals surface area contributed by atoms with E-state index in [2.05, 4.69) is 15.2 Å². The Morgan fingerprint density at radius 1 is 1.00 bits per heavy atom. The lowest BCUT2D eigenvalue weighted by molar-refractivity contribution is 0.102. The third-order valence-corrected chi connectivity index (χ3v) is 5.57. The van der Waals surface area contributed by atoms with Crippen LogP contribution in [0.5, 0.6) is 0 Å². The topological polar surface area (TPSA) is 101 Å². The molecule has 0 atom stereocenters. The van der Waals surface area contributed by atoms with Crippen LogP contribution in [0, 0.1) is 20.8 Å². The number of benzene rings is 2. The van der Waals surface area contributed by atoms with E-state index in [-0.39, 0.29) is 27.6 Å². The maximum absolute atomic E-state index is 12.7. The van der Waals surface area contributed by atoms with Crippen LogP contribution < -0.4 is 10.0 Å². The van der Waals surface area contributed by atoms with Crippen molar-refractivity contribution >= 4 is 27.3 Å². The summed E-state index contributed by atoms with van der Waals surface area (Å²) in [4.78, 5) is 12.6. The summed E-state index contributed by atoms with van der Waals surface area (Å²) in [6.07, 6.45) is 0. The number of anilines is 2. The van der Waals surface area contributed by atoms with E-state index in [4.69, 9.17) is 4.52 Å². The number of para-hydroxylation sites is 1. The molecule has 2 N–H and O–H groups in total. The summed E-state index contributed by atoms with van der Waals surface area (Å²) in [7, 11) is -3.95. The molecule has 1 heterocycles. The third-order valence-electron chi connectivity index (χ3n) is 3.96. The van der Waals surface area contributed by atoms with Crippen molar-refractivity contribution in [2.45, 2.75) is 25.7 Å². The summed E-state index contributed by atoms with van der Waals surface area (Å²) in [6, 6.07) is 13.7.